The average molecular weight is 374 g/mol. The van der Waals surface area contributed by atoms with Gasteiger partial charge in [0.2, 0.25) is 11.8 Å². The number of hydrogen-bond donors (Lipinski definition) is 2. The van der Waals surface area contributed by atoms with Crippen LogP contribution < -0.4 is 15.4 Å². The Hall–Kier alpha value is -2.54. The second-order valence-electron chi connectivity index (χ2n) is 5.78. The number of rotatable bonds is 7. The lowest BCUT2D eigenvalue weighted by atomic mass is 10.2. The van der Waals surface area contributed by atoms with Crippen LogP contribution in [0.15, 0.2) is 53.4 Å². The summed E-state index contributed by atoms with van der Waals surface area (Å²) in [6, 6.07) is 13.7. The van der Waals surface area contributed by atoms with Gasteiger partial charge in [-0.15, -0.1) is 11.8 Å². The van der Waals surface area contributed by atoms with E-state index in [0.29, 0.717) is 19.6 Å². The Morgan fingerprint density at radius 2 is 1.96 bits per heavy atom. The molecule has 0 radical (unpaired) electrons. The van der Waals surface area contributed by atoms with Crippen LogP contribution in [0.25, 0.3) is 0 Å². The van der Waals surface area contributed by atoms with Crippen LogP contribution in [-0.2, 0) is 9.59 Å². The van der Waals surface area contributed by atoms with Crippen LogP contribution in [0.5, 0.6) is 5.75 Å². The summed E-state index contributed by atoms with van der Waals surface area (Å²) < 4.78 is 18.7. The maximum atomic E-state index is 13.4. The Kier molecular flexibility index (Phi) is 6.12. The molecule has 0 saturated carbocycles. The highest BCUT2D eigenvalue weighted by molar-refractivity contribution is 8.01. The largest absolute Gasteiger partial charge is 0.490 e. The zero-order chi connectivity index (χ0) is 18.4. The number of carbonyl (C=O) groups is 2. The molecule has 2 aromatic carbocycles. The SMILES string of the molecule is O=C(C[C@@H]1Sc2ccccc2NC1=O)NCCCOc1ccccc1F. The molecule has 0 aliphatic carbocycles. The van der Waals surface area contributed by atoms with Gasteiger partial charge in [-0.05, 0) is 30.7 Å². The molecule has 2 amide bonds. The summed E-state index contributed by atoms with van der Waals surface area (Å²) in [5.41, 5.74) is 0.782. The van der Waals surface area contributed by atoms with E-state index in [2.05, 4.69) is 10.6 Å². The number of carbonyl (C=O) groups excluding carboxylic acids is 2. The molecule has 3 rings (SSSR count). The predicted molar refractivity (Wildman–Crippen MR) is 98.9 cm³/mol. The molecule has 0 bridgehead atoms. The number of thioether (sulfide) groups is 1. The smallest absolute Gasteiger partial charge is 0.238 e. The third-order valence-electron chi connectivity index (χ3n) is 3.81. The molecule has 1 heterocycles. The number of amides is 2. The molecule has 7 heteroatoms. The minimum atomic E-state index is -0.445. The van der Waals surface area contributed by atoms with E-state index in [4.69, 9.17) is 4.74 Å². The van der Waals surface area contributed by atoms with Gasteiger partial charge in [0.1, 0.15) is 0 Å². The van der Waals surface area contributed by atoms with E-state index in [-0.39, 0.29) is 24.0 Å². The number of halogens is 1. The lowest BCUT2D eigenvalue weighted by molar-refractivity contribution is -0.124. The van der Waals surface area contributed by atoms with Gasteiger partial charge >= 0.3 is 0 Å². The monoisotopic (exact) mass is 374 g/mol. The molecule has 0 saturated heterocycles. The van der Waals surface area contributed by atoms with Gasteiger partial charge in [-0.3, -0.25) is 9.59 Å². The molecular formula is C19H19FN2O3S. The van der Waals surface area contributed by atoms with E-state index in [0.717, 1.165) is 10.6 Å². The lowest BCUT2D eigenvalue weighted by Gasteiger charge is -2.23. The first-order valence-corrected chi connectivity index (χ1v) is 9.22. The van der Waals surface area contributed by atoms with Gasteiger partial charge in [-0.2, -0.15) is 0 Å². The van der Waals surface area contributed by atoms with Crippen LogP contribution in [0.1, 0.15) is 12.8 Å². The number of hydrogen-bond acceptors (Lipinski definition) is 4. The molecule has 1 aliphatic rings. The zero-order valence-electron chi connectivity index (χ0n) is 14.0. The lowest BCUT2D eigenvalue weighted by Crippen LogP contribution is -2.35. The topological polar surface area (TPSA) is 67.4 Å². The van der Waals surface area contributed by atoms with Crippen LogP contribution in [-0.4, -0.2) is 30.2 Å². The summed E-state index contributed by atoms with van der Waals surface area (Å²) in [5, 5.41) is 5.14. The Morgan fingerprint density at radius 3 is 2.81 bits per heavy atom. The van der Waals surface area contributed by atoms with Crippen LogP contribution in [0, 0.1) is 5.82 Å². The van der Waals surface area contributed by atoms with E-state index in [1.807, 2.05) is 24.3 Å². The number of fused-ring (bicyclic) bond motifs is 1. The number of ether oxygens (including phenoxy) is 1. The van der Waals surface area contributed by atoms with Crippen LogP contribution in [0.2, 0.25) is 0 Å². The van der Waals surface area contributed by atoms with E-state index in [1.54, 1.807) is 18.2 Å². The Morgan fingerprint density at radius 1 is 1.19 bits per heavy atom. The molecule has 1 atom stereocenters. The predicted octanol–water partition coefficient (Wildman–Crippen LogP) is 3.21. The van der Waals surface area contributed by atoms with Gasteiger partial charge in [-0.1, -0.05) is 24.3 Å². The first-order chi connectivity index (χ1) is 12.6. The van der Waals surface area contributed by atoms with Crippen molar-refractivity contribution in [2.45, 2.75) is 23.0 Å². The molecule has 0 aromatic heterocycles. The maximum absolute atomic E-state index is 13.4. The van der Waals surface area contributed by atoms with Crippen LogP contribution in [0.3, 0.4) is 0 Å². The van der Waals surface area contributed by atoms with E-state index < -0.39 is 11.1 Å². The fourth-order valence-electron chi connectivity index (χ4n) is 2.51. The Bertz CT molecular complexity index is 800. The Labute approximate surface area is 155 Å². The minimum absolute atomic E-state index is 0.110. The molecule has 5 nitrogen and oxygen atoms in total. The zero-order valence-corrected chi connectivity index (χ0v) is 14.9. The van der Waals surface area contributed by atoms with Crippen molar-refractivity contribution in [1.29, 1.82) is 0 Å². The summed E-state index contributed by atoms with van der Waals surface area (Å²) in [6.45, 7) is 0.704. The average Bonchev–Trinajstić information content (AvgIpc) is 2.63. The maximum Gasteiger partial charge on any atom is 0.238 e. The summed E-state index contributed by atoms with van der Waals surface area (Å²) in [4.78, 5) is 25.1. The standard InChI is InChI=1S/C19H19FN2O3S/c20-13-6-1-3-8-15(13)25-11-5-10-21-18(23)12-17-19(24)22-14-7-2-4-9-16(14)26-17/h1-4,6-9,17H,5,10-12H2,(H,21,23)(H,22,24)/t17-/m0/s1. The summed E-state index contributed by atoms with van der Waals surface area (Å²) in [6.07, 6.45) is 0.659. The van der Waals surface area contributed by atoms with E-state index >= 15 is 0 Å². The number of para-hydroxylation sites is 2. The molecular weight excluding hydrogens is 355 g/mol. The Balaban J connectivity index is 1.38. The van der Waals surface area contributed by atoms with Crippen molar-refractivity contribution in [2.24, 2.45) is 0 Å². The number of benzene rings is 2. The molecule has 1 aliphatic heterocycles. The van der Waals surface area contributed by atoms with Crippen molar-refractivity contribution in [1.82, 2.24) is 5.32 Å². The van der Waals surface area contributed by atoms with Crippen LogP contribution in [0.4, 0.5) is 10.1 Å². The summed E-state index contributed by atoms with van der Waals surface area (Å²) in [7, 11) is 0. The van der Waals surface area contributed by atoms with E-state index in [9.17, 15) is 14.0 Å². The highest BCUT2D eigenvalue weighted by Crippen LogP contribution is 2.36. The highest BCUT2D eigenvalue weighted by atomic mass is 32.2. The van der Waals surface area contributed by atoms with Gasteiger partial charge in [0, 0.05) is 17.9 Å². The van der Waals surface area contributed by atoms with Crippen molar-refractivity contribution >= 4 is 29.3 Å². The number of nitrogens with one attached hydrogen (secondary N) is 2. The van der Waals surface area contributed by atoms with Gasteiger partial charge in [0.25, 0.3) is 0 Å². The third kappa shape index (κ3) is 4.76. The number of anilines is 1. The van der Waals surface area contributed by atoms with Gasteiger partial charge < -0.3 is 15.4 Å². The molecule has 2 aromatic rings. The highest BCUT2D eigenvalue weighted by Gasteiger charge is 2.28. The molecule has 0 spiro atoms. The van der Waals surface area contributed by atoms with Crippen molar-refractivity contribution in [2.75, 3.05) is 18.5 Å². The van der Waals surface area contributed by atoms with Crippen molar-refractivity contribution in [3.05, 3.63) is 54.3 Å². The molecule has 0 fully saturated rings. The quantitative estimate of drug-likeness (QED) is 0.731. The van der Waals surface area contributed by atoms with E-state index in [1.165, 1.54) is 17.8 Å². The van der Waals surface area contributed by atoms with Gasteiger partial charge in [0.15, 0.2) is 11.6 Å². The second kappa shape index (κ2) is 8.71. The molecule has 0 unspecified atom stereocenters. The first-order valence-electron chi connectivity index (χ1n) is 8.34. The minimum Gasteiger partial charge on any atom is -0.490 e. The fourth-order valence-corrected chi connectivity index (χ4v) is 3.62. The van der Waals surface area contributed by atoms with Crippen molar-refractivity contribution in [3.63, 3.8) is 0 Å². The van der Waals surface area contributed by atoms with Gasteiger partial charge in [0.05, 0.1) is 17.5 Å². The second-order valence-corrected chi connectivity index (χ2v) is 7.02. The molecule has 136 valence electrons. The van der Waals surface area contributed by atoms with Crippen molar-refractivity contribution < 1.29 is 18.7 Å². The van der Waals surface area contributed by atoms with Crippen molar-refractivity contribution in [3.8, 4) is 5.75 Å². The molecule has 2 N–H and O–H groups in total. The first kappa shape index (κ1) is 18.3. The third-order valence-corrected chi connectivity index (χ3v) is 5.09. The normalized spacial score (nSPS) is 15.7. The van der Waals surface area contributed by atoms with Gasteiger partial charge in [-0.25, -0.2) is 4.39 Å². The van der Waals surface area contributed by atoms with Crippen LogP contribution >= 0.6 is 11.8 Å². The summed E-state index contributed by atoms with van der Waals surface area (Å²) >= 11 is 1.40. The molecule has 26 heavy (non-hydrogen) atoms. The summed E-state index contributed by atoms with van der Waals surface area (Å²) in [5.74, 6) is -0.556. The fraction of sp³-hybridized carbons (Fsp3) is 0.263.